The van der Waals surface area contributed by atoms with E-state index in [0.717, 1.165) is 5.56 Å². The lowest BCUT2D eigenvalue weighted by molar-refractivity contribution is -0.113. The predicted molar refractivity (Wildman–Crippen MR) is 134 cm³/mol. The summed E-state index contributed by atoms with van der Waals surface area (Å²) in [7, 11) is 0. The van der Waals surface area contributed by atoms with Crippen LogP contribution in [0.15, 0.2) is 94.3 Å². The third-order valence-corrected chi connectivity index (χ3v) is 6.38. The molecular weight excluding hydrogens is 451 g/mol. The van der Waals surface area contributed by atoms with Gasteiger partial charge in [-0.1, -0.05) is 54.2 Å². The number of anilines is 1. The number of carbonyl (C=O) groups is 1. The van der Waals surface area contributed by atoms with E-state index < -0.39 is 5.82 Å². The number of nitrogens with zero attached hydrogens (tertiary/aromatic N) is 3. The molecule has 6 nitrogen and oxygen atoms in total. The summed E-state index contributed by atoms with van der Waals surface area (Å²) in [6.45, 7) is 1.88. The van der Waals surface area contributed by atoms with Crippen LogP contribution >= 0.6 is 11.8 Å². The molecule has 1 aromatic heterocycles. The molecule has 1 aliphatic heterocycles. The molecule has 1 atom stereocenters. The molecule has 0 saturated carbocycles. The lowest BCUT2D eigenvalue weighted by Gasteiger charge is -2.20. The molecule has 1 aliphatic rings. The summed E-state index contributed by atoms with van der Waals surface area (Å²) in [6, 6.07) is 22.2. The third-order valence-electron chi connectivity index (χ3n) is 5.32. The Bertz CT molecular complexity index is 1500. The van der Waals surface area contributed by atoms with Crippen LogP contribution < -0.4 is 10.5 Å². The van der Waals surface area contributed by atoms with E-state index in [1.807, 2.05) is 43.3 Å². The molecule has 1 unspecified atom stereocenters. The summed E-state index contributed by atoms with van der Waals surface area (Å²) in [6.07, 6.45) is 1.72. The highest BCUT2D eigenvalue weighted by Crippen LogP contribution is 2.35. The first kappa shape index (κ1) is 21.8. The molecule has 2 heterocycles. The number of nitrogens with one attached hydrogen (secondary N) is 1. The number of benzene rings is 3. The summed E-state index contributed by atoms with van der Waals surface area (Å²) in [5.74, 6) is -0.235. The van der Waals surface area contributed by atoms with Crippen LogP contribution in [0.1, 0.15) is 23.6 Å². The molecule has 5 rings (SSSR count). The number of hydrogen-bond donors (Lipinski definition) is 1. The summed E-state index contributed by atoms with van der Waals surface area (Å²) >= 11 is 1.29. The smallest absolute Gasteiger partial charge is 0.283 e. The van der Waals surface area contributed by atoms with E-state index in [1.165, 1.54) is 40.9 Å². The van der Waals surface area contributed by atoms with Crippen molar-refractivity contribution in [3.05, 3.63) is 112 Å². The van der Waals surface area contributed by atoms with E-state index >= 15 is 0 Å². The zero-order chi connectivity index (χ0) is 23.7. The number of para-hydroxylation sites is 1. The van der Waals surface area contributed by atoms with Gasteiger partial charge >= 0.3 is 0 Å². The van der Waals surface area contributed by atoms with Gasteiger partial charge in [0.2, 0.25) is 0 Å². The number of amides is 1. The van der Waals surface area contributed by atoms with Gasteiger partial charge in [0.25, 0.3) is 11.5 Å². The van der Waals surface area contributed by atoms with Gasteiger partial charge in [-0.15, -0.1) is 0 Å². The van der Waals surface area contributed by atoms with Crippen LogP contribution in [0.25, 0.3) is 17.0 Å². The maximum atomic E-state index is 13.5. The highest BCUT2D eigenvalue weighted by atomic mass is 32.2. The SMILES string of the molecule is CC(SC1=N/C(=C\c2ccccc2)C(=O)N1c1ccc(F)cc1)c1nc2ccccc2c(=O)[nH]1. The molecule has 1 N–H and O–H groups in total. The van der Waals surface area contributed by atoms with Gasteiger partial charge in [-0.3, -0.25) is 14.5 Å². The first-order valence-corrected chi connectivity index (χ1v) is 11.5. The quantitative estimate of drug-likeness (QED) is 0.411. The fraction of sp³-hybridized carbons (Fsp3) is 0.0769. The van der Waals surface area contributed by atoms with Crippen LogP contribution in [0.3, 0.4) is 0 Å². The van der Waals surface area contributed by atoms with Crippen molar-refractivity contribution in [2.24, 2.45) is 4.99 Å². The highest BCUT2D eigenvalue weighted by molar-refractivity contribution is 8.14. The monoisotopic (exact) mass is 470 g/mol. The average molecular weight is 471 g/mol. The van der Waals surface area contributed by atoms with Gasteiger partial charge in [0.15, 0.2) is 5.17 Å². The van der Waals surface area contributed by atoms with Crippen molar-refractivity contribution >= 4 is 45.5 Å². The Kier molecular flexibility index (Phi) is 5.81. The molecule has 0 bridgehead atoms. The number of aliphatic imine (C=N–C) groups is 1. The number of H-pyrrole nitrogens is 1. The molecule has 8 heteroatoms. The van der Waals surface area contributed by atoms with Gasteiger partial charge in [-0.25, -0.2) is 14.4 Å². The van der Waals surface area contributed by atoms with Crippen molar-refractivity contribution in [3.63, 3.8) is 0 Å². The van der Waals surface area contributed by atoms with Crippen molar-refractivity contribution in [2.45, 2.75) is 12.2 Å². The predicted octanol–water partition coefficient (Wildman–Crippen LogP) is 5.30. The van der Waals surface area contributed by atoms with Crippen LogP contribution in [0, 0.1) is 5.82 Å². The molecule has 0 radical (unpaired) electrons. The number of aromatic amines is 1. The van der Waals surface area contributed by atoms with E-state index in [1.54, 1.807) is 24.3 Å². The minimum atomic E-state index is -0.395. The zero-order valence-corrected chi connectivity index (χ0v) is 18.9. The lowest BCUT2D eigenvalue weighted by atomic mass is 10.2. The fourth-order valence-electron chi connectivity index (χ4n) is 3.61. The maximum absolute atomic E-state index is 13.5. The summed E-state index contributed by atoms with van der Waals surface area (Å²) in [4.78, 5) is 39.3. The van der Waals surface area contributed by atoms with Gasteiger partial charge in [-0.2, -0.15) is 0 Å². The van der Waals surface area contributed by atoms with Crippen LogP contribution in [-0.4, -0.2) is 21.0 Å². The van der Waals surface area contributed by atoms with Crippen molar-refractivity contribution < 1.29 is 9.18 Å². The van der Waals surface area contributed by atoms with Crippen LogP contribution in [0.4, 0.5) is 10.1 Å². The van der Waals surface area contributed by atoms with Gasteiger partial charge in [-0.05, 0) is 55.0 Å². The summed E-state index contributed by atoms with van der Waals surface area (Å²) < 4.78 is 13.5. The Morgan fingerprint density at radius 3 is 2.44 bits per heavy atom. The Morgan fingerprint density at radius 1 is 0.971 bits per heavy atom. The number of aromatic nitrogens is 2. The van der Waals surface area contributed by atoms with Crippen LogP contribution in [-0.2, 0) is 4.79 Å². The van der Waals surface area contributed by atoms with E-state index in [2.05, 4.69) is 15.0 Å². The van der Waals surface area contributed by atoms with E-state index in [4.69, 9.17) is 0 Å². The fourth-order valence-corrected chi connectivity index (χ4v) is 4.60. The van der Waals surface area contributed by atoms with Crippen molar-refractivity contribution in [1.29, 1.82) is 0 Å². The number of thioether (sulfide) groups is 1. The Labute approximate surface area is 198 Å². The van der Waals surface area contributed by atoms with Crippen molar-refractivity contribution in [3.8, 4) is 0 Å². The molecule has 3 aromatic carbocycles. The molecule has 0 spiro atoms. The second-order valence-corrected chi connectivity index (χ2v) is 8.99. The van der Waals surface area contributed by atoms with Gasteiger partial charge < -0.3 is 4.98 Å². The molecular formula is C26H19FN4O2S. The molecule has 0 saturated heterocycles. The Morgan fingerprint density at radius 2 is 1.68 bits per heavy atom. The van der Waals surface area contributed by atoms with Crippen LogP contribution in [0.2, 0.25) is 0 Å². The summed E-state index contributed by atoms with van der Waals surface area (Å²) in [5, 5.41) is 0.614. The molecule has 0 aliphatic carbocycles. The Balaban J connectivity index is 1.52. The second kappa shape index (κ2) is 9.07. The molecule has 168 valence electrons. The first-order chi connectivity index (χ1) is 16.5. The van der Waals surface area contributed by atoms with E-state index in [0.29, 0.717) is 27.6 Å². The average Bonchev–Trinajstić information content (AvgIpc) is 3.14. The van der Waals surface area contributed by atoms with E-state index in [-0.39, 0.29) is 22.4 Å². The number of amidine groups is 1. The first-order valence-electron chi connectivity index (χ1n) is 10.6. The summed E-state index contributed by atoms with van der Waals surface area (Å²) in [5.41, 5.74) is 1.98. The number of rotatable bonds is 4. The van der Waals surface area contributed by atoms with Crippen molar-refractivity contribution in [2.75, 3.05) is 4.90 Å². The molecule has 0 fully saturated rings. The Hall–Kier alpha value is -4.04. The zero-order valence-electron chi connectivity index (χ0n) is 18.1. The molecule has 34 heavy (non-hydrogen) atoms. The normalized spacial score (nSPS) is 15.7. The minimum absolute atomic E-state index is 0.224. The number of fused-ring (bicyclic) bond motifs is 1. The second-order valence-electron chi connectivity index (χ2n) is 7.68. The number of carbonyl (C=O) groups excluding carboxylic acids is 1. The minimum Gasteiger partial charge on any atom is -0.309 e. The third kappa shape index (κ3) is 4.27. The molecule has 4 aromatic rings. The van der Waals surface area contributed by atoms with Gasteiger partial charge in [0.05, 0.1) is 21.8 Å². The van der Waals surface area contributed by atoms with Gasteiger partial charge in [0.1, 0.15) is 17.3 Å². The van der Waals surface area contributed by atoms with Crippen molar-refractivity contribution in [1.82, 2.24) is 9.97 Å². The molecule has 1 amide bonds. The topological polar surface area (TPSA) is 78.4 Å². The largest absolute Gasteiger partial charge is 0.309 e. The highest BCUT2D eigenvalue weighted by Gasteiger charge is 2.33. The maximum Gasteiger partial charge on any atom is 0.283 e. The standard InChI is InChI=1S/C26H19FN4O2S/c1-16(23-28-21-10-6-5-9-20(21)24(32)30-23)34-26-29-22(15-17-7-3-2-4-8-17)25(33)31(26)19-13-11-18(27)12-14-19/h2-16H,1H3,(H,28,30,32)/b22-15-. The van der Waals surface area contributed by atoms with Crippen LogP contribution in [0.5, 0.6) is 0 Å². The lowest BCUT2D eigenvalue weighted by Crippen LogP contribution is -2.30. The van der Waals surface area contributed by atoms with Gasteiger partial charge in [0, 0.05) is 0 Å². The van der Waals surface area contributed by atoms with E-state index in [9.17, 15) is 14.0 Å². The number of halogens is 1. The number of hydrogen-bond acceptors (Lipinski definition) is 5.